The zero-order valence-electron chi connectivity index (χ0n) is 5.62. The smallest absolute Gasteiger partial charge is 0.0624 e. The van der Waals surface area contributed by atoms with Gasteiger partial charge in [0.05, 0.1) is 10.0 Å². The largest absolute Gasteiger partial charge is 0.0827 e. The second kappa shape index (κ2) is 3.27. The van der Waals surface area contributed by atoms with Gasteiger partial charge in [-0.1, -0.05) is 30.1 Å². The third-order valence-electron chi connectivity index (χ3n) is 1.34. The fraction of sp³-hybridized carbons (Fsp3) is 0.250. The van der Waals surface area contributed by atoms with Gasteiger partial charge in [-0.25, -0.2) is 0 Å². The minimum Gasteiger partial charge on any atom is -0.0827 e. The molecular weight excluding hydrogens is 167 g/mol. The third kappa shape index (κ3) is 1.44. The molecule has 0 aliphatic carbocycles. The third-order valence-corrected chi connectivity index (χ3v) is 2.18. The van der Waals surface area contributed by atoms with Crippen molar-refractivity contribution in [3.63, 3.8) is 0 Å². The number of rotatable bonds is 1. The maximum Gasteiger partial charge on any atom is 0.0624 e. The van der Waals surface area contributed by atoms with Gasteiger partial charge < -0.3 is 0 Å². The van der Waals surface area contributed by atoms with E-state index in [-0.39, 0.29) is 0 Å². The maximum atomic E-state index is 5.84. The van der Waals surface area contributed by atoms with Crippen LogP contribution in [-0.2, 0) is 6.42 Å². The van der Waals surface area contributed by atoms with Crippen molar-refractivity contribution in [3.8, 4) is 0 Å². The van der Waals surface area contributed by atoms with Gasteiger partial charge in [-0.15, -0.1) is 0 Å². The number of halogens is 2. The monoisotopic (exact) mass is 173 g/mol. The first-order chi connectivity index (χ1) is 4.75. The summed E-state index contributed by atoms with van der Waals surface area (Å²) in [5.41, 5.74) is 1.05. The van der Waals surface area contributed by atoms with Gasteiger partial charge in [0.15, 0.2) is 0 Å². The van der Waals surface area contributed by atoms with Crippen molar-refractivity contribution in [2.24, 2.45) is 0 Å². The molecule has 0 heterocycles. The van der Waals surface area contributed by atoms with Crippen LogP contribution in [-0.4, -0.2) is 0 Å². The number of hydrogen-bond donors (Lipinski definition) is 0. The summed E-state index contributed by atoms with van der Waals surface area (Å²) in [5.74, 6) is 0. The van der Waals surface area contributed by atoms with E-state index in [4.69, 9.17) is 23.2 Å². The molecule has 0 fully saturated rings. The fourth-order valence-corrected chi connectivity index (χ4v) is 1.18. The summed E-state index contributed by atoms with van der Waals surface area (Å²) in [6, 6.07) is 6.43. The molecule has 0 nitrogen and oxygen atoms in total. The molecule has 1 rings (SSSR count). The fourth-order valence-electron chi connectivity index (χ4n) is 0.753. The molecule has 1 aromatic carbocycles. The predicted molar refractivity (Wildman–Crippen MR) is 44.7 cm³/mol. The van der Waals surface area contributed by atoms with E-state index in [2.05, 4.69) is 6.07 Å². The Morgan fingerprint density at radius 1 is 1.40 bits per heavy atom. The van der Waals surface area contributed by atoms with E-state index in [1.807, 2.05) is 13.0 Å². The second-order valence-corrected chi connectivity index (χ2v) is 2.78. The van der Waals surface area contributed by atoms with E-state index < -0.39 is 0 Å². The Labute approximate surface area is 70.8 Å². The van der Waals surface area contributed by atoms with Crippen LogP contribution >= 0.6 is 23.2 Å². The van der Waals surface area contributed by atoms with Gasteiger partial charge in [0.25, 0.3) is 0 Å². The first-order valence-corrected chi connectivity index (χ1v) is 3.85. The maximum absolute atomic E-state index is 5.84. The summed E-state index contributed by atoms with van der Waals surface area (Å²) >= 11 is 11.6. The van der Waals surface area contributed by atoms with Crippen molar-refractivity contribution in [1.82, 2.24) is 0 Å². The summed E-state index contributed by atoms with van der Waals surface area (Å²) in [5, 5.41) is 1.24. The Morgan fingerprint density at radius 3 is 2.60 bits per heavy atom. The van der Waals surface area contributed by atoms with Crippen LogP contribution in [0.4, 0.5) is 0 Å². The average Bonchev–Trinajstić information content (AvgIpc) is 1.95. The van der Waals surface area contributed by atoms with Crippen LogP contribution in [0.1, 0.15) is 12.5 Å². The minimum absolute atomic E-state index is 0.584. The van der Waals surface area contributed by atoms with Gasteiger partial charge in [0.2, 0.25) is 0 Å². The van der Waals surface area contributed by atoms with Crippen molar-refractivity contribution < 1.29 is 0 Å². The molecule has 0 atom stereocenters. The van der Waals surface area contributed by atoms with E-state index in [9.17, 15) is 0 Å². The Hall–Kier alpha value is -0.200. The van der Waals surface area contributed by atoms with Crippen LogP contribution in [0.15, 0.2) is 12.1 Å². The van der Waals surface area contributed by atoms with Crippen LogP contribution < -0.4 is 0 Å². The normalized spacial score (nSPS) is 9.90. The molecule has 0 bridgehead atoms. The summed E-state index contributed by atoms with van der Waals surface area (Å²) in [6.45, 7) is 2.03. The molecule has 0 saturated carbocycles. The molecule has 10 heavy (non-hydrogen) atoms. The van der Waals surface area contributed by atoms with Gasteiger partial charge in [-0.05, 0) is 30.2 Å². The Bertz CT molecular complexity index is 231. The highest BCUT2D eigenvalue weighted by molar-refractivity contribution is 6.42. The summed E-state index contributed by atoms with van der Waals surface area (Å²) in [6.07, 6.45) is 0.899. The lowest BCUT2D eigenvalue weighted by molar-refractivity contribution is 1.14. The van der Waals surface area contributed by atoms with Crippen LogP contribution in [0.25, 0.3) is 0 Å². The number of hydrogen-bond acceptors (Lipinski definition) is 0. The number of aryl methyl sites for hydroxylation is 1. The molecule has 0 aromatic heterocycles. The first kappa shape index (κ1) is 7.90. The van der Waals surface area contributed by atoms with Crippen LogP contribution in [0, 0.1) is 6.07 Å². The van der Waals surface area contributed by atoms with Crippen molar-refractivity contribution in [2.75, 3.05) is 0 Å². The Morgan fingerprint density at radius 2 is 2.10 bits per heavy atom. The van der Waals surface area contributed by atoms with Crippen LogP contribution in [0.2, 0.25) is 10.0 Å². The lowest BCUT2D eigenvalue weighted by Gasteiger charge is -1.99. The molecule has 1 aromatic rings. The topological polar surface area (TPSA) is 0 Å². The van der Waals surface area contributed by atoms with Gasteiger partial charge in [0.1, 0.15) is 0 Å². The Balaban J connectivity index is 3.14. The quantitative estimate of drug-likeness (QED) is 0.612. The van der Waals surface area contributed by atoms with Crippen molar-refractivity contribution >= 4 is 23.2 Å². The molecule has 0 N–H and O–H groups in total. The molecule has 0 amide bonds. The number of benzene rings is 1. The molecule has 0 spiro atoms. The molecular formula is C8H7Cl2. The van der Waals surface area contributed by atoms with E-state index in [0.29, 0.717) is 10.0 Å². The highest BCUT2D eigenvalue weighted by Gasteiger charge is 2.00. The standard InChI is InChI=1S/C8H7Cl2/c1-2-6-4-3-5-7(9)8(6)10/h4-5H,2H2,1H3. The summed E-state index contributed by atoms with van der Waals surface area (Å²) in [4.78, 5) is 0. The average molecular weight is 174 g/mol. The zero-order valence-corrected chi connectivity index (χ0v) is 7.13. The first-order valence-electron chi connectivity index (χ1n) is 3.09. The van der Waals surface area contributed by atoms with E-state index >= 15 is 0 Å². The molecule has 0 saturated heterocycles. The predicted octanol–water partition coefficient (Wildman–Crippen LogP) is 3.36. The summed E-state index contributed by atoms with van der Waals surface area (Å²) in [7, 11) is 0. The lowest BCUT2D eigenvalue weighted by atomic mass is 10.2. The van der Waals surface area contributed by atoms with Gasteiger partial charge in [-0.3, -0.25) is 0 Å². The molecule has 53 valence electrons. The molecule has 1 radical (unpaired) electrons. The SMILES string of the molecule is CCc1c[c]cc(Cl)c1Cl. The van der Waals surface area contributed by atoms with E-state index in [1.165, 1.54) is 0 Å². The van der Waals surface area contributed by atoms with Gasteiger partial charge in [-0.2, -0.15) is 0 Å². The van der Waals surface area contributed by atoms with Crippen molar-refractivity contribution in [3.05, 3.63) is 33.8 Å². The Kier molecular flexibility index (Phi) is 2.58. The minimum atomic E-state index is 0.584. The molecule has 0 aliphatic heterocycles. The highest BCUT2D eigenvalue weighted by Crippen LogP contribution is 2.25. The van der Waals surface area contributed by atoms with Crippen LogP contribution in [0.5, 0.6) is 0 Å². The molecule has 0 unspecified atom stereocenters. The van der Waals surface area contributed by atoms with Crippen LogP contribution in [0.3, 0.4) is 0 Å². The van der Waals surface area contributed by atoms with Crippen molar-refractivity contribution in [2.45, 2.75) is 13.3 Å². The van der Waals surface area contributed by atoms with Gasteiger partial charge in [0, 0.05) is 0 Å². The zero-order chi connectivity index (χ0) is 7.56. The lowest BCUT2D eigenvalue weighted by Crippen LogP contribution is -1.81. The second-order valence-electron chi connectivity index (χ2n) is 2.00. The van der Waals surface area contributed by atoms with Gasteiger partial charge >= 0.3 is 0 Å². The summed E-state index contributed by atoms with van der Waals surface area (Å²) < 4.78 is 0. The molecule has 2 heteroatoms. The van der Waals surface area contributed by atoms with E-state index in [0.717, 1.165) is 12.0 Å². The molecule has 0 aliphatic rings. The van der Waals surface area contributed by atoms with Crippen molar-refractivity contribution in [1.29, 1.82) is 0 Å². The highest BCUT2D eigenvalue weighted by atomic mass is 35.5. The van der Waals surface area contributed by atoms with E-state index in [1.54, 1.807) is 6.07 Å².